The first-order valence-electron chi connectivity index (χ1n) is 10.3. The molecular formula is C25H31NO4S. The van der Waals surface area contributed by atoms with Crippen molar-refractivity contribution in [2.24, 2.45) is 0 Å². The van der Waals surface area contributed by atoms with Crippen molar-refractivity contribution < 1.29 is 17.8 Å². The minimum atomic E-state index is -4.38. The first-order chi connectivity index (χ1) is 14.6. The zero-order chi connectivity index (χ0) is 23.1. The van der Waals surface area contributed by atoms with E-state index < -0.39 is 14.9 Å². The first-order valence-corrected chi connectivity index (χ1v) is 11.7. The highest BCUT2D eigenvalue weighted by atomic mass is 32.2. The molecule has 0 bridgehead atoms. The Kier molecular flexibility index (Phi) is 8.36. The molecular weight excluding hydrogens is 410 g/mol. The third-order valence-electron chi connectivity index (χ3n) is 5.80. The Bertz CT molecular complexity index is 1060. The van der Waals surface area contributed by atoms with Crippen LogP contribution in [0, 0.1) is 13.8 Å². The van der Waals surface area contributed by atoms with Crippen molar-refractivity contribution in [1.29, 1.82) is 0 Å². The molecule has 2 N–H and O–H groups in total. The van der Waals surface area contributed by atoms with Crippen molar-refractivity contribution >= 4 is 22.1 Å². The van der Waals surface area contributed by atoms with E-state index in [-0.39, 0.29) is 12.3 Å². The van der Waals surface area contributed by atoms with E-state index in [1.54, 1.807) is 6.07 Å². The molecule has 0 aliphatic rings. The van der Waals surface area contributed by atoms with Crippen LogP contribution in [0.5, 0.6) is 0 Å². The fourth-order valence-electron chi connectivity index (χ4n) is 3.67. The molecule has 166 valence electrons. The lowest BCUT2D eigenvalue weighted by atomic mass is 9.87. The van der Waals surface area contributed by atoms with E-state index in [0.717, 1.165) is 28.7 Å². The van der Waals surface area contributed by atoms with Crippen molar-refractivity contribution in [2.45, 2.75) is 44.8 Å². The lowest BCUT2D eigenvalue weighted by molar-refractivity contribution is -0.116. The lowest BCUT2D eigenvalue weighted by Crippen LogP contribution is -2.34. The Balaban J connectivity index is 2.25. The SMILES string of the molecule is C=CC(=O)NCCCC(C)(c1ccc(CC=Cc2ccccc2)c(C)c1C)S(=O)(=O)O. The van der Waals surface area contributed by atoms with Gasteiger partial charge >= 0.3 is 0 Å². The quantitative estimate of drug-likeness (QED) is 0.317. The van der Waals surface area contributed by atoms with Crippen LogP contribution in [0.15, 0.2) is 61.2 Å². The minimum Gasteiger partial charge on any atom is -0.353 e. The van der Waals surface area contributed by atoms with Gasteiger partial charge in [-0.05, 0) is 73.9 Å². The number of carbonyl (C=O) groups is 1. The van der Waals surface area contributed by atoms with Gasteiger partial charge in [0.2, 0.25) is 5.91 Å². The zero-order valence-electron chi connectivity index (χ0n) is 18.4. The van der Waals surface area contributed by atoms with E-state index in [1.165, 1.54) is 13.0 Å². The second kappa shape index (κ2) is 10.6. The summed E-state index contributed by atoms with van der Waals surface area (Å²) in [6.07, 6.45) is 6.61. The van der Waals surface area contributed by atoms with Gasteiger partial charge in [0.15, 0.2) is 0 Å². The summed E-state index contributed by atoms with van der Waals surface area (Å²) < 4.78 is 33.3. The standard InChI is InChI=1S/C25H31NO4S/c1-5-24(27)26-18-10-17-25(4,31(28,29)30)23-16-15-22(19(2)20(23)3)14-9-13-21-11-7-6-8-12-21/h5-9,11-13,15-16H,1,10,14,17-18H2,2-4H3,(H,26,27)(H,28,29,30). The lowest BCUT2D eigenvalue weighted by Gasteiger charge is -2.30. The number of rotatable bonds is 10. The Morgan fingerprint density at radius 1 is 1.13 bits per heavy atom. The first kappa shape index (κ1) is 24.6. The van der Waals surface area contributed by atoms with Crippen LogP contribution < -0.4 is 5.32 Å². The maximum absolute atomic E-state index is 12.4. The Hall–Kier alpha value is -2.70. The maximum Gasteiger partial charge on any atom is 0.274 e. The number of hydrogen-bond acceptors (Lipinski definition) is 3. The van der Waals surface area contributed by atoms with Crippen LogP contribution in [0.4, 0.5) is 0 Å². The predicted molar refractivity (Wildman–Crippen MR) is 126 cm³/mol. The van der Waals surface area contributed by atoms with E-state index >= 15 is 0 Å². The number of allylic oxidation sites excluding steroid dienone is 1. The average Bonchev–Trinajstić information content (AvgIpc) is 2.74. The summed E-state index contributed by atoms with van der Waals surface area (Å²) in [6, 6.07) is 13.7. The van der Waals surface area contributed by atoms with Gasteiger partial charge in [0.25, 0.3) is 10.1 Å². The van der Waals surface area contributed by atoms with Crippen LogP contribution in [0.2, 0.25) is 0 Å². The van der Waals surface area contributed by atoms with E-state index in [1.807, 2.05) is 50.2 Å². The Morgan fingerprint density at radius 2 is 1.81 bits per heavy atom. The third kappa shape index (κ3) is 6.15. The van der Waals surface area contributed by atoms with Gasteiger partial charge in [-0.25, -0.2) is 0 Å². The predicted octanol–water partition coefficient (Wildman–Crippen LogP) is 4.74. The van der Waals surface area contributed by atoms with E-state index in [0.29, 0.717) is 18.5 Å². The van der Waals surface area contributed by atoms with Gasteiger partial charge in [0.05, 0.1) is 0 Å². The molecule has 0 aliphatic heterocycles. The molecule has 0 fully saturated rings. The van der Waals surface area contributed by atoms with E-state index in [9.17, 15) is 17.8 Å². The summed E-state index contributed by atoms with van der Waals surface area (Å²) in [7, 11) is -4.38. The maximum atomic E-state index is 12.4. The molecule has 0 spiro atoms. The van der Waals surface area contributed by atoms with Gasteiger partial charge in [-0.15, -0.1) is 0 Å². The van der Waals surface area contributed by atoms with Gasteiger partial charge in [0.1, 0.15) is 4.75 Å². The number of benzene rings is 2. The molecule has 0 aliphatic carbocycles. The normalized spacial score (nSPS) is 13.7. The molecule has 6 heteroatoms. The van der Waals surface area contributed by atoms with Crippen LogP contribution >= 0.6 is 0 Å². The second-order valence-electron chi connectivity index (χ2n) is 7.84. The number of nitrogens with one attached hydrogen (secondary N) is 1. The molecule has 1 amide bonds. The third-order valence-corrected chi connectivity index (χ3v) is 7.36. The van der Waals surface area contributed by atoms with Crippen molar-refractivity contribution in [3.05, 3.63) is 89.0 Å². The van der Waals surface area contributed by atoms with Crippen molar-refractivity contribution in [3.63, 3.8) is 0 Å². The molecule has 31 heavy (non-hydrogen) atoms. The Labute approximate surface area is 185 Å². The highest BCUT2D eigenvalue weighted by molar-refractivity contribution is 7.86. The number of hydrogen-bond donors (Lipinski definition) is 2. The van der Waals surface area contributed by atoms with Crippen LogP contribution in [-0.4, -0.2) is 25.4 Å². The molecule has 1 unspecified atom stereocenters. The number of amides is 1. The molecule has 0 radical (unpaired) electrons. The fraction of sp³-hybridized carbons (Fsp3) is 0.320. The zero-order valence-corrected chi connectivity index (χ0v) is 19.2. The van der Waals surface area contributed by atoms with Gasteiger partial charge in [-0.2, -0.15) is 8.42 Å². The van der Waals surface area contributed by atoms with Crippen molar-refractivity contribution in [1.82, 2.24) is 5.32 Å². The molecule has 0 aromatic heterocycles. The van der Waals surface area contributed by atoms with Gasteiger partial charge in [-0.3, -0.25) is 9.35 Å². The highest BCUT2D eigenvalue weighted by Crippen LogP contribution is 2.38. The van der Waals surface area contributed by atoms with Crippen LogP contribution in [0.25, 0.3) is 6.08 Å². The second-order valence-corrected chi connectivity index (χ2v) is 9.70. The molecule has 0 heterocycles. The summed E-state index contributed by atoms with van der Waals surface area (Å²) in [5.41, 5.74) is 4.66. The molecule has 2 aromatic carbocycles. The smallest absolute Gasteiger partial charge is 0.274 e. The largest absolute Gasteiger partial charge is 0.353 e. The monoisotopic (exact) mass is 441 g/mol. The van der Waals surface area contributed by atoms with Gasteiger partial charge in [0, 0.05) is 6.54 Å². The van der Waals surface area contributed by atoms with Gasteiger partial charge in [-0.1, -0.05) is 61.2 Å². The molecule has 0 saturated heterocycles. The van der Waals surface area contributed by atoms with Crippen LogP contribution in [0.3, 0.4) is 0 Å². The molecule has 2 aromatic rings. The average molecular weight is 442 g/mol. The van der Waals surface area contributed by atoms with E-state index in [2.05, 4.69) is 24.0 Å². The fourth-order valence-corrected chi connectivity index (χ4v) is 4.57. The summed E-state index contributed by atoms with van der Waals surface area (Å²) in [5, 5.41) is 2.64. The topological polar surface area (TPSA) is 83.5 Å². The van der Waals surface area contributed by atoms with Crippen LogP contribution in [0.1, 0.15) is 47.6 Å². The molecule has 5 nitrogen and oxygen atoms in total. The summed E-state index contributed by atoms with van der Waals surface area (Å²) in [6.45, 7) is 9.09. The van der Waals surface area contributed by atoms with Crippen molar-refractivity contribution in [3.8, 4) is 0 Å². The van der Waals surface area contributed by atoms with E-state index in [4.69, 9.17) is 0 Å². The molecule has 1 atom stereocenters. The Morgan fingerprint density at radius 3 is 2.42 bits per heavy atom. The van der Waals surface area contributed by atoms with Crippen molar-refractivity contribution in [2.75, 3.05) is 6.54 Å². The highest BCUT2D eigenvalue weighted by Gasteiger charge is 2.40. The van der Waals surface area contributed by atoms with Gasteiger partial charge < -0.3 is 5.32 Å². The summed E-state index contributed by atoms with van der Waals surface area (Å²) in [5.74, 6) is -0.312. The molecule has 2 rings (SSSR count). The summed E-state index contributed by atoms with van der Waals surface area (Å²) in [4.78, 5) is 11.3. The minimum absolute atomic E-state index is 0.177. The summed E-state index contributed by atoms with van der Waals surface area (Å²) >= 11 is 0. The van der Waals surface area contributed by atoms with Crippen LogP contribution in [-0.2, 0) is 26.1 Å². The number of carbonyl (C=O) groups excluding carboxylic acids is 1. The molecule has 0 saturated carbocycles.